The minimum absolute atomic E-state index is 0.0803. The highest BCUT2D eigenvalue weighted by molar-refractivity contribution is 9.10. The van der Waals surface area contributed by atoms with E-state index in [1.165, 1.54) is 0 Å². The zero-order valence-electron chi connectivity index (χ0n) is 7.80. The van der Waals surface area contributed by atoms with Crippen molar-refractivity contribution in [2.45, 2.75) is 19.1 Å². The van der Waals surface area contributed by atoms with Crippen LogP contribution in [0.4, 0.5) is 13.2 Å². The molecule has 0 fully saturated rings. The molecule has 0 aliphatic carbocycles. The van der Waals surface area contributed by atoms with E-state index >= 15 is 0 Å². The Labute approximate surface area is 93.3 Å². The molecule has 1 aromatic rings. The van der Waals surface area contributed by atoms with Crippen molar-refractivity contribution < 1.29 is 17.9 Å². The molecule has 0 unspecified atom stereocenters. The molecule has 0 saturated carbocycles. The molecule has 15 heavy (non-hydrogen) atoms. The fraction of sp³-hybridized carbons (Fsp3) is 0.625. The van der Waals surface area contributed by atoms with Gasteiger partial charge in [0.1, 0.15) is 6.61 Å². The van der Waals surface area contributed by atoms with E-state index in [1.807, 2.05) is 0 Å². The van der Waals surface area contributed by atoms with Crippen LogP contribution < -0.4 is 0 Å². The van der Waals surface area contributed by atoms with Gasteiger partial charge in [-0.1, -0.05) is 0 Å². The monoisotopic (exact) mass is 286 g/mol. The maximum atomic E-state index is 11.7. The van der Waals surface area contributed by atoms with Gasteiger partial charge in [-0.25, -0.2) is 0 Å². The number of alkyl halides is 3. The molecule has 86 valence electrons. The fourth-order valence-electron chi connectivity index (χ4n) is 0.977. The average Bonchev–Trinajstić information content (AvgIpc) is 2.49. The first-order valence-corrected chi connectivity index (χ1v) is 5.09. The molecule has 0 aliphatic rings. The van der Waals surface area contributed by atoms with Crippen LogP contribution in [0.3, 0.4) is 0 Å². The normalized spacial score (nSPS) is 12.0. The van der Waals surface area contributed by atoms with Crippen LogP contribution in [-0.2, 0) is 11.3 Å². The molecular formula is C8H10BrF3N2O. The number of aromatic nitrogens is 2. The Bertz CT molecular complexity index is 300. The second-order valence-corrected chi connectivity index (χ2v) is 3.86. The molecule has 0 radical (unpaired) electrons. The quantitative estimate of drug-likeness (QED) is 0.778. The third kappa shape index (κ3) is 5.78. The highest BCUT2D eigenvalue weighted by Gasteiger charge is 2.27. The minimum atomic E-state index is -4.24. The summed E-state index contributed by atoms with van der Waals surface area (Å²) in [6.45, 7) is -0.559. The summed E-state index contributed by atoms with van der Waals surface area (Å²) in [5.41, 5.74) is 0. The Hall–Kier alpha value is -0.560. The molecule has 0 bridgehead atoms. The van der Waals surface area contributed by atoms with E-state index in [0.29, 0.717) is 13.0 Å². The molecule has 1 aromatic heterocycles. The Morgan fingerprint density at radius 2 is 2.20 bits per heavy atom. The van der Waals surface area contributed by atoms with Gasteiger partial charge in [0.25, 0.3) is 0 Å². The molecule has 1 rings (SSSR count). The molecular weight excluding hydrogens is 277 g/mol. The maximum absolute atomic E-state index is 11.7. The van der Waals surface area contributed by atoms with Crippen molar-refractivity contribution in [2.75, 3.05) is 13.2 Å². The summed E-state index contributed by atoms with van der Waals surface area (Å²) in [6.07, 6.45) is -0.362. The van der Waals surface area contributed by atoms with Gasteiger partial charge in [-0.3, -0.25) is 4.68 Å². The van der Waals surface area contributed by atoms with Gasteiger partial charge in [0.2, 0.25) is 0 Å². The summed E-state index contributed by atoms with van der Waals surface area (Å²) in [7, 11) is 0. The Morgan fingerprint density at radius 3 is 2.73 bits per heavy atom. The molecule has 0 aliphatic heterocycles. The number of halogens is 4. The van der Waals surface area contributed by atoms with Crippen molar-refractivity contribution in [3.05, 3.63) is 16.9 Å². The van der Waals surface area contributed by atoms with Crippen LogP contribution in [0.15, 0.2) is 16.9 Å². The predicted octanol–water partition coefficient (Wildman–Crippen LogP) is 2.61. The minimum Gasteiger partial charge on any atom is -0.372 e. The van der Waals surface area contributed by atoms with Crippen LogP contribution in [0.2, 0.25) is 0 Å². The van der Waals surface area contributed by atoms with Crippen molar-refractivity contribution in [3.63, 3.8) is 0 Å². The van der Waals surface area contributed by atoms with Crippen molar-refractivity contribution >= 4 is 15.9 Å². The lowest BCUT2D eigenvalue weighted by atomic mass is 10.4. The molecule has 7 heteroatoms. The van der Waals surface area contributed by atoms with Crippen molar-refractivity contribution in [2.24, 2.45) is 0 Å². The summed E-state index contributed by atoms with van der Waals surface area (Å²) < 4.78 is 41.9. The standard InChI is InChI=1S/C8H10BrF3N2O/c9-7-4-13-14(5-7)2-1-3-15-6-8(10,11)12/h4-5H,1-3,6H2. The number of rotatable bonds is 5. The highest BCUT2D eigenvalue weighted by atomic mass is 79.9. The average molecular weight is 287 g/mol. The molecule has 0 N–H and O–H groups in total. The predicted molar refractivity (Wildman–Crippen MR) is 51.4 cm³/mol. The number of hydrogen-bond acceptors (Lipinski definition) is 2. The Kier molecular flexibility index (Phi) is 4.59. The van der Waals surface area contributed by atoms with E-state index in [4.69, 9.17) is 0 Å². The first kappa shape index (κ1) is 12.5. The third-order valence-corrected chi connectivity index (χ3v) is 1.95. The Balaban J connectivity index is 2.07. The van der Waals surface area contributed by atoms with Gasteiger partial charge in [-0.05, 0) is 22.4 Å². The van der Waals surface area contributed by atoms with E-state index in [9.17, 15) is 13.2 Å². The van der Waals surface area contributed by atoms with Crippen LogP contribution >= 0.6 is 15.9 Å². The van der Waals surface area contributed by atoms with Crippen LogP contribution in [0.5, 0.6) is 0 Å². The molecule has 0 saturated heterocycles. The summed E-state index contributed by atoms with van der Waals surface area (Å²) in [5.74, 6) is 0. The van der Waals surface area contributed by atoms with E-state index in [2.05, 4.69) is 25.8 Å². The van der Waals surface area contributed by atoms with E-state index in [-0.39, 0.29) is 6.61 Å². The summed E-state index contributed by atoms with van der Waals surface area (Å²) in [5, 5.41) is 3.95. The van der Waals surface area contributed by atoms with Crippen molar-refractivity contribution in [1.82, 2.24) is 9.78 Å². The van der Waals surface area contributed by atoms with Crippen LogP contribution in [0.25, 0.3) is 0 Å². The van der Waals surface area contributed by atoms with Gasteiger partial charge in [0.05, 0.1) is 10.7 Å². The first-order chi connectivity index (χ1) is 6.97. The molecule has 3 nitrogen and oxygen atoms in total. The number of ether oxygens (including phenoxy) is 1. The van der Waals surface area contributed by atoms with Gasteiger partial charge in [-0.2, -0.15) is 18.3 Å². The molecule has 0 spiro atoms. The smallest absolute Gasteiger partial charge is 0.372 e. The van der Waals surface area contributed by atoms with Crippen LogP contribution in [-0.4, -0.2) is 29.2 Å². The summed E-state index contributed by atoms with van der Waals surface area (Å²) in [4.78, 5) is 0. The van der Waals surface area contributed by atoms with E-state index in [0.717, 1.165) is 4.47 Å². The van der Waals surface area contributed by atoms with Crippen LogP contribution in [0, 0.1) is 0 Å². The van der Waals surface area contributed by atoms with Crippen molar-refractivity contribution in [3.8, 4) is 0 Å². The number of nitrogens with zero attached hydrogens (tertiary/aromatic N) is 2. The van der Waals surface area contributed by atoms with E-state index in [1.54, 1.807) is 17.1 Å². The van der Waals surface area contributed by atoms with Gasteiger partial charge < -0.3 is 4.74 Å². The SMILES string of the molecule is FC(F)(F)COCCCn1cc(Br)cn1. The highest BCUT2D eigenvalue weighted by Crippen LogP contribution is 2.14. The largest absolute Gasteiger partial charge is 0.411 e. The zero-order valence-corrected chi connectivity index (χ0v) is 9.38. The molecule has 0 aromatic carbocycles. The lowest BCUT2D eigenvalue weighted by Crippen LogP contribution is -2.17. The third-order valence-electron chi connectivity index (χ3n) is 1.54. The number of hydrogen-bond donors (Lipinski definition) is 0. The lowest BCUT2D eigenvalue weighted by molar-refractivity contribution is -0.174. The van der Waals surface area contributed by atoms with Gasteiger partial charge in [-0.15, -0.1) is 0 Å². The van der Waals surface area contributed by atoms with Gasteiger partial charge >= 0.3 is 6.18 Å². The van der Waals surface area contributed by atoms with E-state index < -0.39 is 12.8 Å². The summed E-state index contributed by atoms with van der Waals surface area (Å²) in [6, 6.07) is 0. The second-order valence-electron chi connectivity index (χ2n) is 2.94. The van der Waals surface area contributed by atoms with Gasteiger partial charge in [0.15, 0.2) is 0 Å². The van der Waals surface area contributed by atoms with Gasteiger partial charge in [0, 0.05) is 19.3 Å². The molecule has 1 heterocycles. The first-order valence-electron chi connectivity index (χ1n) is 4.30. The van der Waals surface area contributed by atoms with Crippen molar-refractivity contribution in [1.29, 1.82) is 0 Å². The lowest BCUT2D eigenvalue weighted by Gasteiger charge is -2.07. The zero-order chi connectivity index (χ0) is 11.3. The maximum Gasteiger partial charge on any atom is 0.411 e. The Morgan fingerprint density at radius 1 is 1.47 bits per heavy atom. The molecule has 0 atom stereocenters. The number of aryl methyl sites for hydroxylation is 1. The molecule has 0 amide bonds. The second kappa shape index (κ2) is 5.50. The topological polar surface area (TPSA) is 27.1 Å². The fourth-order valence-corrected chi connectivity index (χ4v) is 1.31. The van der Waals surface area contributed by atoms with Crippen LogP contribution in [0.1, 0.15) is 6.42 Å². The summed E-state index contributed by atoms with van der Waals surface area (Å²) >= 11 is 3.22.